The molecule has 2 N–H and O–H groups in total. The van der Waals surface area contributed by atoms with Crippen molar-refractivity contribution in [3.63, 3.8) is 0 Å². The van der Waals surface area contributed by atoms with Gasteiger partial charge < -0.3 is 5.73 Å². The lowest BCUT2D eigenvalue weighted by atomic mass is 10.2. The average Bonchev–Trinajstić information content (AvgIpc) is 2.64. The van der Waals surface area contributed by atoms with Gasteiger partial charge in [0.25, 0.3) is 0 Å². The van der Waals surface area contributed by atoms with Gasteiger partial charge in [0, 0.05) is 10.3 Å². The van der Waals surface area contributed by atoms with Gasteiger partial charge in [-0.15, -0.1) is 23.1 Å². The number of nitrogens with zero attached hydrogens (tertiary/aromatic N) is 1. The van der Waals surface area contributed by atoms with Crippen LogP contribution in [0.3, 0.4) is 0 Å². The fourth-order valence-corrected chi connectivity index (χ4v) is 2.73. The first-order valence-corrected chi connectivity index (χ1v) is 6.36. The molecule has 0 atom stereocenters. The van der Waals surface area contributed by atoms with E-state index in [1.54, 1.807) is 11.4 Å². The SMILES string of the molecule is CSc1cccc(F)c1-c1nc(N)cs1. The molecule has 0 aliphatic carbocycles. The molecule has 15 heavy (non-hydrogen) atoms. The van der Waals surface area contributed by atoms with Gasteiger partial charge in [0.05, 0.1) is 5.56 Å². The maximum atomic E-state index is 13.6. The predicted molar refractivity (Wildman–Crippen MR) is 63.7 cm³/mol. The predicted octanol–water partition coefficient (Wildman–Crippen LogP) is 3.25. The Balaban J connectivity index is 2.60. The van der Waals surface area contributed by atoms with E-state index in [9.17, 15) is 4.39 Å². The van der Waals surface area contributed by atoms with Gasteiger partial charge in [-0.3, -0.25) is 0 Å². The number of hydrogen-bond acceptors (Lipinski definition) is 4. The van der Waals surface area contributed by atoms with Crippen molar-refractivity contribution in [2.24, 2.45) is 0 Å². The van der Waals surface area contributed by atoms with Crippen LogP contribution in [-0.4, -0.2) is 11.2 Å². The zero-order chi connectivity index (χ0) is 10.8. The number of nitrogens with two attached hydrogens (primary N) is 1. The molecule has 0 amide bonds. The van der Waals surface area contributed by atoms with E-state index in [0.29, 0.717) is 16.4 Å². The highest BCUT2D eigenvalue weighted by Crippen LogP contribution is 2.34. The highest BCUT2D eigenvalue weighted by molar-refractivity contribution is 7.98. The molecule has 78 valence electrons. The molecule has 0 aliphatic heterocycles. The van der Waals surface area contributed by atoms with E-state index in [2.05, 4.69) is 4.98 Å². The molecule has 5 heteroatoms. The van der Waals surface area contributed by atoms with E-state index in [1.807, 2.05) is 12.3 Å². The number of halogens is 1. The van der Waals surface area contributed by atoms with Crippen molar-refractivity contribution in [2.75, 3.05) is 12.0 Å². The maximum absolute atomic E-state index is 13.6. The molecule has 0 fully saturated rings. The first kappa shape index (κ1) is 10.4. The van der Waals surface area contributed by atoms with Crippen LogP contribution in [0.5, 0.6) is 0 Å². The first-order chi connectivity index (χ1) is 7.22. The van der Waals surface area contributed by atoms with Crippen molar-refractivity contribution in [2.45, 2.75) is 4.90 Å². The standard InChI is InChI=1S/C10H9FN2S2/c1-14-7-4-2-3-6(11)9(7)10-13-8(12)5-15-10/h2-5H,12H2,1H3. The zero-order valence-corrected chi connectivity index (χ0v) is 9.66. The fourth-order valence-electron chi connectivity index (χ4n) is 1.28. The summed E-state index contributed by atoms with van der Waals surface area (Å²) in [6.45, 7) is 0. The number of anilines is 1. The molecule has 0 saturated heterocycles. The van der Waals surface area contributed by atoms with Gasteiger partial charge in [0.1, 0.15) is 16.6 Å². The summed E-state index contributed by atoms with van der Waals surface area (Å²) >= 11 is 2.86. The summed E-state index contributed by atoms with van der Waals surface area (Å²) in [5.41, 5.74) is 6.08. The molecule has 0 radical (unpaired) electrons. The number of thioether (sulfide) groups is 1. The summed E-state index contributed by atoms with van der Waals surface area (Å²) in [6, 6.07) is 5.01. The van der Waals surface area contributed by atoms with Gasteiger partial charge in [-0.2, -0.15) is 0 Å². The average molecular weight is 240 g/mol. The Hall–Kier alpha value is -1.07. The van der Waals surface area contributed by atoms with Crippen molar-refractivity contribution in [1.29, 1.82) is 0 Å². The molecule has 1 aromatic carbocycles. The second-order valence-corrected chi connectivity index (χ2v) is 4.60. The topological polar surface area (TPSA) is 38.9 Å². The second-order valence-electron chi connectivity index (χ2n) is 2.89. The molecule has 0 unspecified atom stereocenters. The number of hydrogen-bond donors (Lipinski definition) is 1. The van der Waals surface area contributed by atoms with E-state index >= 15 is 0 Å². The van der Waals surface area contributed by atoms with Crippen molar-refractivity contribution in [1.82, 2.24) is 4.98 Å². The highest BCUT2D eigenvalue weighted by Gasteiger charge is 2.13. The molecule has 0 spiro atoms. The Morgan fingerprint density at radius 3 is 2.87 bits per heavy atom. The van der Waals surface area contributed by atoms with Gasteiger partial charge in [-0.25, -0.2) is 9.37 Å². The molecular formula is C10H9FN2S2. The molecule has 0 aliphatic rings. The maximum Gasteiger partial charge on any atom is 0.135 e. The number of aromatic nitrogens is 1. The van der Waals surface area contributed by atoms with Crippen LogP contribution < -0.4 is 5.73 Å². The monoisotopic (exact) mass is 240 g/mol. The molecule has 1 heterocycles. The van der Waals surface area contributed by atoms with E-state index in [4.69, 9.17) is 5.73 Å². The lowest BCUT2D eigenvalue weighted by Gasteiger charge is -2.04. The van der Waals surface area contributed by atoms with Crippen molar-refractivity contribution < 1.29 is 4.39 Å². The Labute approximate surface area is 95.3 Å². The number of benzene rings is 1. The van der Waals surface area contributed by atoms with Crippen LogP contribution in [0.25, 0.3) is 10.6 Å². The van der Waals surface area contributed by atoms with E-state index in [0.717, 1.165) is 4.90 Å². The zero-order valence-electron chi connectivity index (χ0n) is 8.03. The van der Waals surface area contributed by atoms with Gasteiger partial charge >= 0.3 is 0 Å². The first-order valence-electron chi connectivity index (χ1n) is 4.26. The number of nitrogen functional groups attached to an aromatic ring is 1. The summed E-state index contributed by atoms with van der Waals surface area (Å²) in [5.74, 6) is 0.182. The summed E-state index contributed by atoms with van der Waals surface area (Å²) in [7, 11) is 0. The van der Waals surface area contributed by atoms with Gasteiger partial charge in [0.15, 0.2) is 0 Å². The van der Waals surface area contributed by atoms with E-state index < -0.39 is 0 Å². The molecule has 2 rings (SSSR count). The third-order valence-electron chi connectivity index (χ3n) is 1.93. The normalized spacial score (nSPS) is 10.5. The molecule has 2 aromatic rings. The van der Waals surface area contributed by atoms with Crippen LogP contribution in [0.4, 0.5) is 10.2 Å². The Morgan fingerprint density at radius 1 is 1.47 bits per heavy atom. The Kier molecular flexibility index (Phi) is 2.93. The fraction of sp³-hybridized carbons (Fsp3) is 0.100. The smallest absolute Gasteiger partial charge is 0.135 e. The van der Waals surface area contributed by atoms with Crippen LogP contribution in [0.15, 0.2) is 28.5 Å². The minimum atomic E-state index is -0.254. The molecular weight excluding hydrogens is 231 g/mol. The molecule has 0 bridgehead atoms. The van der Waals surface area contributed by atoms with Gasteiger partial charge in [-0.05, 0) is 18.4 Å². The van der Waals surface area contributed by atoms with Crippen LogP contribution in [0, 0.1) is 5.82 Å². The van der Waals surface area contributed by atoms with Crippen LogP contribution in [0.2, 0.25) is 0 Å². The lowest BCUT2D eigenvalue weighted by Crippen LogP contribution is -1.88. The lowest BCUT2D eigenvalue weighted by molar-refractivity contribution is 0.628. The third kappa shape index (κ3) is 1.98. The van der Waals surface area contributed by atoms with Crippen LogP contribution in [0.1, 0.15) is 0 Å². The Bertz CT molecular complexity index is 482. The Morgan fingerprint density at radius 2 is 2.27 bits per heavy atom. The van der Waals surface area contributed by atoms with E-state index in [-0.39, 0.29) is 5.82 Å². The van der Waals surface area contributed by atoms with Gasteiger partial charge in [0.2, 0.25) is 0 Å². The summed E-state index contributed by atoms with van der Waals surface area (Å²) < 4.78 is 13.6. The summed E-state index contributed by atoms with van der Waals surface area (Å²) in [4.78, 5) is 4.97. The van der Waals surface area contributed by atoms with Crippen molar-refractivity contribution in [3.05, 3.63) is 29.4 Å². The van der Waals surface area contributed by atoms with Gasteiger partial charge in [-0.1, -0.05) is 6.07 Å². The number of rotatable bonds is 2. The van der Waals surface area contributed by atoms with Crippen LogP contribution in [-0.2, 0) is 0 Å². The summed E-state index contributed by atoms with van der Waals surface area (Å²) in [5, 5.41) is 2.35. The molecule has 1 aromatic heterocycles. The number of thiazole rings is 1. The second kappa shape index (κ2) is 4.20. The van der Waals surface area contributed by atoms with Crippen LogP contribution >= 0.6 is 23.1 Å². The summed E-state index contributed by atoms with van der Waals surface area (Å²) in [6.07, 6.45) is 1.91. The molecule has 0 saturated carbocycles. The largest absolute Gasteiger partial charge is 0.383 e. The molecule has 2 nitrogen and oxygen atoms in total. The minimum absolute atomic E-state index is 0.254. The minimum Gasteiger partial charge on any atom is -0.383 e. The highest BCUT2D eigenvalue weighted by atomic mass is 32.2. The quantitative estimate of drug-likeness (QED) is 0.819. The third-order valence-corrected chi connectivity index (χ3v) is 3.59. The van der Waals surface area contributed by atoms with Crippen molar-refractivity contribution in [3.8, 4) is 10.6 Å². The van der Waals surface area contributed by atoms with Crippen molar-refractivity contribution >= 4 is 28.9 Å². The van der Waals surface area contributed by atoms with E-state index in [1.165, 1.54) is 29.2 Å².